The first-order valence-corrected chi connectivity index (χ1v) is 9.61. The number of sulfonamides is 1. The summed E-state index contributed by atoms with van der Waals surface area (Å²) in [7, 11) is -3.46. The summed E-state index contributed by atoms with van der Waals surface area (Å²) in [6.07, 6.45) is 6.07. The van der Waals surface area contributed by atoms with Crippen molar-refractivity contribution < 1.29 is 8.42 Å². The lowest BCUT2D eigenvalue weighted by Gasteiger charge is -2.26. The average molecular weight is 334 g/mol. The summed E-state index contributed by atoms with van der Waals surface area (Å²) in [5, 5.41) is 0. The molecule has 22 heavy (non-hydrogen) atoms. The molecule has 3 rings (SSSR count). The lowest BCUT2D eigenvalue weighted by Crippen LogP contribution is -2.35. The van der Waals surface area contributed by atoms with Crippen molar-refractivity contribution in [1.82, 2.24) is 9.29 Å². The number of nitrogens with zero attached hydrogens (tertiary/aromatic N) is 2. The topological polar surface area (TPSA) is 50.3 Å². The van der Waals surface area contributed by atoms with E-state index in [-0.39, 0.29) is 0 Å². The molecular weight excluding hydrogens is 316 g/mol. The van der Waals surface area contributed by atoms with Crippen molar-refractivity contribution in [2.45, 2.75) is 33.9 Å². The zero-order valence-corrected chi connectivity index (χ0v) is 13.8. The highest BCUT2D eigenvalue weighted by atomic mass is 32.2. The molecule has 1 fully saturated rings. The van der Waals surface area contributed by atoms with Gasteiger partial charge in [0.15, 0.2) is 0 Å². The molecule has 0 spiro atoms. The minimum absolute atomic E-state index is 0.311. The van der Waals surface area contributed by atoms with Crippen molar-refractivity contribution >= 4 is 21.8 Å². The minimum atomic E-state index is -3.46. The third-order valence-electron chi connectivity index (χ3n) is 3.65. The molecule has 2 heterocycles. The van der Waals surface area contributed by atoms with E-state index >= 15 is 0 Å². The maximum absolute atomic E-state index is 12.9. The molecule has 0 N–H and O–H groups in total. The first-order valence-electron chi connectivity index (χ1n) is 7.35. The van der Waals surface area contributed by atoms with Crippen LogP contribution in [0.15, 0.2) is 63.5 Å². The fourth-order valence-electron chi connectivity index (χ4n) is 2.51. The van der Waals surface area contributed by atoms with E-state index in [9.17, 15) is 8.42 Å². The van der Waals surface area contributed by atoms with Gasteiger partial charge in [-0.25, -0.2) is 8.42 Å². The van der Waals surface area contributed by atoms with Crippen molar-refractivity contribution in [3.8, 4) is 0 Å². The Balaban J connectivity index is 1.93. The number of hydrogen-bond donors (Lipinski definition) is 0. The maximum Gasteiger partial charge on any atom is 0.245 e. The fourth-order valence-corrected chi connectivity index (χ4v) is 5.31. The van der Waals surface area contributed by atoms with Crippen LogP contribution < -0.4 is 0 Å². The van der Waals surface area contributed by atoms with Gasteiger partial charge in [-0.05, 0) is 31.0 Å². The van der Waals surface area contributed by atoms with Crippen molar-refractivity contribution in [3.05, 3.63) is 48.8 Å². The quantitative estimate of drug-likeness (QED) is 0.860. The molecule has 2 aromatic rings. The van der Waals surface area contributed by atoms with Crippen molar-refractivity contribution in [2.24, 2.45) is 0 Å². The molecule has 1 saturated heterocycles. The van der Waals surface area contributed by atoms with Crippen molar-refractivity contribution in [3.63, 3.8) is 0 Å². The first kappa shape index (κ1) is 15.5. The van der Waals surface area contributed by atoms with E-state index in [4.69, 9.17) is 0 Å². The minimum Gasteiger partial charge on any atom is -0.263 e. The molecule has 0 radical (unpaired) electrons. The van der Waals surface area contributed by atoms with Gasteiger partial charge in [-0.2, -0.15) is 4.31 Å². The SMILES string of the molecule is O=S(=O)(c1cnccc1Sc1ccccc1)N1CCCCC1. The summed E-state index contributed by atoms with van der Waals surface area (Å²) in [5.41, 5.74) is 0. The largest absolute Gasteiger partial charge is 0.263 e. The highest BCUT2D eigenvalue weighted by Gasteiger charge is 2.28. The predicted octanol–water partition coefficient (Wildman–Crippen LogP) is 3.41. The van der Waals surface area contributed by atoms with Gasteiger partial charge in [0.1, 0.15) is 4.90 Å². The standard InChI is InChI=1S/C16H18N2O2S2/c19-22(20,18-11-5-2-6-12-18)16-13-17-10-9-15(16)21-14-7-3-1-4-8-14/h1,3-4,7-10,13H,2,5-6,11-12H2. The molecule has 1 aromatic heterocycles. The zero-order valence-electron chi connectivity index (χ0n) is 12.2. The molecule has 0 aliphatic carbocycles. The summed E-state index contributed by atoms with van der Waals surface area (Å²) in [6, 6.07) is 11.6. The molecule has 116 valence electrons. The van der Waals surface area contributed by atoms with Crippen molar-refractivity contribution in [1.29, 1.82) is 0 Å². The van der Waals surface area contributed by atoms with Crippen LogP contribution in [0.1, 0.15) is 19.3 Å². The number of aromatic nitrogens is 1. The Labute approximate surface area is 135 Å². The van der Waals surface area contributed by atoms with Gasteiger partial charge in [-0.1, -0.05) is 36.4 Å². The second-order valence-electron chi connectivity index (χ2n) is 5.20. The van der Waals surface area contributed by atoms with E-state index in [0.717, 1.165) is 29.1 Å². The summed E-state index contributed by atoms with van der Waals surface area (Å²) in [6.45, 7) is 1.21. The van der Waals surface area contributed by atoms with E-state index in [1.165, 1.54) is 18.0 Å². The van der Waals surface area contributed by atoms with E-state index in [1.54, 1.807) is 16.6 Å². The Morgan fingerprint density at radius 1 is 1.00 bits per heavy atom. The summed E-state index contributed by atoms with van der Waals surface area (Å²) in [4.78, 5) is 6.09. The third-order valence-corrected chi connectivity index (χ3v) is 6.79. The van der Waals surface area contributed by atoms with Crippen molar-refractivity contribution in [2.75, 3.05) is 13.1 Å². The summed E-state index contributed by atoms with van der Waals surface area (Å²) in [5.74, 6) is 0. The van der Waals surface area contributed by atoms with Crippen LogP contribution in [0.5, 0.6) is 0 Å². The maximum atomic E-state index is 12.9. The van der Waals surface area contributed by atoms with Gasteiger partial charge < -0.3 is 0 Å². The number of piperidine rings is 1. The number of rotatable bonds is 4. The second-order valence-corrected chi connectivity index (χ2v) is 8.22. The van der Waals surface area contributed by atoms with Gasteiger partial charge in [-0.3, -0.25) is 4.98 Å². The number of benzene rings is 1. The lowest BCUT2D eigenvalue weighted by atomic mass is 10.2. The Morgan fingerprint density at radius 2 is 1.73 bits per heavy atom. The molecule has 0 atom stereocenters. The second kappa shape index (κ2) is 6.81. The molecule has 4 nitrogen and oxygen atoms in total. The van der Waals surface area contributed by atoms with Crippen LogP contribution in [-0.4, -0.2) is 30.8 Å². The Morgan fingerprint density at radius 3 is 2.45 bits per heavy atom. The molecule has 0 saturated carbocycles. The van der Waals surface area contributed by atoms with Crippen LogP contribution >= 0.6 is 11.8 Å². The highest BCUT2D eigenvalue weighted by molar-refractivity contribution is 8.00. The van der Waals surface area contributed by atoms with E-state index < -0.39 is 10.0 Å². The normalized spacial score (nSPS) is 16.5. The molecule has 6 heteroatoms. The number of pyridine rings is 1. The Hall–Kier alpha value is -1.37. The summed E-state index contributed by atoms with van der Waals surface area (Å²) >= 11 is 1.46. The molecule has 0 bridgehead atoms. The lowest BCUT2D eigenvalue weighted by molar-refractivity contribution is 0.346. The van der Waals surface area contributed by atoms with Crippen LogP contribution in [-0.2, 0) is 10.0 Å². The van der Waals surface area contributed by atoms with Gasteiger partial charge in [0.05, 0.1) is 0 Å². The van der Waals surface area contributed by atoms with Gasteiger partial charge >= 0.3 is 0 Å². The summed E-state index contributed by atoms with van der Waals surface area (Å²) < 4.78 is 27.3. The van der Waals surface area contributed by atoms with Gasteiger partial charge in [0.2, 0.25) is 10.0 Å². The van der Waals surface area contributed by atoms with Crippen LogP contribution in [0.4, 0.5) is 0 Å². The van der Waals surface area contributed by atoms with Gasteiger partial charge in [-0.15, -0.1) is 0 Å². The highest BCUT2D eigenvalue weighted by Crippen LogP contribution is 2.33. The molecule has 1 aliphatic heterocycles. The zero-order chi connectivity index (χ0) is 15.4. The first-order chi connectivity index (χ1) is 10.7. The van der Waals surface area contributed by atoms with E-state index in [0.29, 0.717) is 18.0 Å². The molecular formula is C16H18N2O2S2. The van der Waals surface area contributed by atoms with Gasteiger partial charge in [0, 0.05) is 35.3 Å². The van der Waals surface area contributed by atoms with E-state index in [2.05, 4.69) is 4.98 Å². The monoisotopic (exact) mass is 334 g/mol. The molecule has 0 amide bonds. The van der Waals surface area contributed by atoms with Crippen LogP contribution in [0.25, 0.3) is 0 Å². The average Bonchev–Trinajstić information content (AvgIpc) is 2.57. The predicted molar refractivity (Wildman–Crippen MR) is 87.4 cm³/mol. The third kappa shape index (κ3) is 3.34. The van der Waals surface area contributed by atoms with Crippen LogP contribution in [0.2, 0.25) is 0 Å². The fraction of sp³-hybridized carbons (Fsp3) is 0.312. The Bertz CT molecular complexity index is 727. The van der Waals surface area contributed by atoms with E-state index in [1.807, 2.05) is 30.3 Å². The van der Waals surface area contributed by atoms with Crippen LogP contribution in [0.3, 0.4) is 0 Å². The smallest absolute Gasteiger partial charge is 0.245 e. The van der Waals surface area contributed by atoms with Crippen LogP contribution in [0, 0.1) is 0 Å². The molecule has 1 aliphatic rings. The van der Waals surface area contributed by atoms with Gasteiger partial charge in [0.25, 0.3) is 0 Å². The Kier molecular flexibility index (Phi) is 4.81. The molecule has 0 unspecified atom stereocenters. The number of hydrogen-bond acceptors (Lipinski definition) is 4. The molecule has 1 aromatic carbocycles.